The summed E-state index contributed by atoms with van der Waals surface area (Å²) in [6.07, 6.45) is 3.76. The van der Waals surface area contributed by atoms with Gasteiger partial charge in [-0.1, -0.05) is 23.7 Å². The molecule has 0 atom stereocenters. The second-order valence-electron chi connectivity index (χ2n) is 8.21. The van der Waals surface area contributed by atoms with E-state index in [1.807, 2.05) is 49.9 Å². The van der Waals surface area contributed by atoms with Crippen molar-refractivity contribution in [2.75, 3.05) is 19.7 Å². The van der Waals surface area contributed by atoms with Gasteiger partial charge in [0.1, 0.15) is 5.60 Å². The molecule has 1 aromatic carbocycles. The minimum Gasteiger partial charge on any atom is -0.475 e. The van der Waals surface area contributed by atoms with Gasteiger partial charge in [0, 0.05) is 13.1 Å². The van der Waals surface area contributed by atoms with Crippen LogP contribution >= 0.6 is 11.6 Å². The Morgan fingerprint density at radius 1 is 1.18 bits per heavy atom. The van der Waals surface area contributed by atoms with Crippen LogP contribution < -0.4 is 4.74 Å². The molecule has 0 spiro atoms. The van der Waals surface area contributed by atoms with Crippen molar-refractivity contribution in [3.05, 3.63) is 29.4 Å². The number of fused-ring (bicyclic) bond motifs is 1. The third kappa shape index (κ3) is 5.71. The van der Waals surface area contributed by atoms with Crippen LogP contribution in [-0.4, -0.2) is 46.3 Å². The van der Waals surface area contributed by atoms with Crippen LogP contribution in [0.25, 0.3) is 11.0 Å². The molecule has 1 aromatic heterocycles. The predicted octanol–water partition coefficient (Wildman–Crippen LogP) is 5.09. The maximum Gasteiger partial charge on any atom is 0.410 e. The summed E-state index contributed by atoms with van der Waals surface area (Å²) in [4.78, 5) is 22.7. The Labute approximate surface area is 171 Å². The number of halogens is 1. The molecule has 0 saturated carbocycles. The number of carbonyl (C=O) groups excluding carboxylic acids is 1. The quantitative estimate of drug-likeness (QED) is 0.648. The molecule has 28 heavy (non-hydrogen) atoms. The third-order valence-electron chi connectivity index (χ3n) is 4.76. The number of piperidine rings is 1. The molecule has 1 saturated heterocycles. The Hall–Kier alpha value is -2.08. The summed E-state index contributed by atoms with van der Waals surface area (Å²) in [6, 6.07) is 7.59. The zero-order valence-corrected chi connectivity index (χ0v) is 17.5. The molecule has 2 aromatic rings. The molecule has 1 aliphatic heterocycles. The van der Waals surface area contributed by atoms with E-state index in [1.165, 1.54) is 0 Å². The average Bonchev–Trinajstić information content (AvgIpc) is 2.64. The summed E-state index contributed by atoms with van der Waals surface area (Å²) in [6.45, 7) is 7.74. The van der Waals surface area contributed by atoms with Crippen LogP contribution in [0.5, 0.6) is 5.88 Å². The van der Waals surface area contributed by atoms with Gasteiger partial charge < -0.3 is 14.4 Å². The molecule has 2 heterocycles. The SMILES string of the molecule is CC(C)(C)OC(=O)N1CCC(CCCOc2nc3ccccc3nc2Cl)CC1. The monoisotopic (exact) mass is 405 g/mol. The van der Waals surface area contributed by atoms with E-state index in [0.717, 1.165) is 49.8 Å². The highest BCUT2D eigenvalue weighted by atomic mass is 35.5. The number of carbonyl (C=O) groups is 1. The third-order valence-corrected chi connectivity index (χ3v) is 5.01. The molecule has 6 nitrogen and oxygen atoms in total. The van der Waals surface area contributed by atoms with Crippen molar-refractivity contribution in [2.24, 2.45) is 5.92 Å². The predicted molar refractivity (Wildman–Crippen MR) is 110 cm³/mol. The summed E-state index contributed by atoms with van der Waals surface area (Å²) in [5, 5.41) is 0.296. The molecule has 7 heteroatoms. The van der Waals surface area contributed by atoms with Crippen molar-refractivity contribution >= 4 is 28.7 Å². The fraction of sp³-hybridized carbons (Fsp3) is 0.571. The molecule has 152 valence electrons. The van der Waals surface area contributed by atoms with Gasteiger partial charge in [-0.05, 0) is 64.5 Å². The normalized spacial score (nSPS) is 15.6. The lowest BCUT2D eigenvalue weighted by atomic mass is 9.92. The number of amides is 1. The number of para-hydroxylation sites is 2. The van der Waals surface area contributed by atoms with Crippen LogP contribution in [-0.2, 0) is 4.74 Å². The molecule has 0 N–H and O–H groups in total. The Morgan fingerprint density at radius 2 is 1.82 bits per heavy atom. The van der Waals surface area contributed by atoms with Crippen LogP contribution in [0.1, 0.15) is 46.5 Å². The highest BCUT2D eigenvalue weighted by Crippen LogP contribution is 2.25. The maximum absolute atomic E-state index is 12.1. The number of nitrogens with zero attached hydrogens (tertiary/aromatic N) is 3. The number of likely N-dealkylation sites (tertiary alicyclic amines) is 1. The number of ether oxygens (including phenoxy) is 2. The minimum atomic E-state index is -0.446. The topological polar surface area (TPSA) is 64.5 Å². The molecule has 0 bridgehead atoms. The zero-order valence-electron chi connectivity index (χ0n) is 16.8. The highest BCUT2D eigenvalue weighted by Gasteiger charge is 2.26. The molecule has 3 rings (SSSR count). The van der Waals surface area contributed by atoms with Gasteiger partial charge in [-0.3, -0.25) is 0 Å². The van der Waals surface area contributed by atoms with Gasteiger partial charge in [0.25, 0.3) is 5.88 Å². The van der Waals surface area contributed by atoms with Crippen molar-refractivity contribution in [1.29, 1.82) is 0 Å². The average molecular weight is 406 g/mol. The second-order valence-corrected chi connectivity index (χ2v) is 8.57. The Kier molecular flexibility index (Phi) is 6.60. The summed E-state index contributed by atoms with van der Waals surface area (Å²) in [5.74, 6) is 0.987. The number of aromatic nitrogens is 2. The van der Waals surface area contributed by atoms with Crippen LogP contribution in [0.2, 0.25) is 5.15 Å². The molecule has 1 fully saturated rings. The highest BCUT2D eigenvalue weighted by molar-refractivity contribution is 6.31. The molecular weight excluding hydrogens is 378 g/mol. The van der Waals surface area contributed by atoms with Crippen molar-refractivity contribution < 1.29 is 14.3 Å². The molecule has 0 unspecified atom stereocenters. The Morgan fingerprint density at radius 3 is 2.46 bits per heavy atom. The first-order chi connectivity index (χ1) is 13.3. The standard InChI is InChI=1S/C21H28ClN3O3/c1-21(2,3)28-20(26)25-12-10-15(11-13-25)7-6-14-27-19-18(22)23-16-8-4-5-9-17(16)24-19/h4-5,8-9,15H,6-7,10-14H2,1-3H3. The Balaban J connectivity index is 1.40. The largest absolute Gasteiger partial charge is 0.475 e. The molecule has 0 aliphatic carbocycles. The van der Waals surface area contributed by atoms with Crippen molar-refractivity contribution in [2.45, 2.75) is 52.1 Å². The second kappa shape index (κ2) is 8.95. The maximum atomic E-state index is 12.1. The fourth-order valence-corrected chi connectivity index (χ4v) is 3.51. The van der Waals surface area contributed by atoms with Crippen molar-refractivity contribution in [3.8, 4) is 5.88 Å². The van der Waals surface area contributed by atoms with E-state index in [2.05, 4.69) is 9.97 Å². The van der Waals surface area contributed by atoms with E-state index in [0.29, 0.717) is 23.6 Å². The van der Waals surface area contributed by atoms with Gasteiger partial charge in [0.2, 0.25) is 0 Å². The number of hydrogen-bond acceptors (Lipinski definition) is 5. The van der Waals surface area contributed by atoms with Crippen LogP contribution in [0.3, 0.4) is 0 Å². The number of hydrogen-bond donors (Lipinski definition) is 0. The molecule has 1 amide bonds. The van der Waals surface area contributed by atoms with E-state index < -0.39 is 5.60 Å². The first kappa shape index (κ1) is 20.6. The lowest BCUT2D eigenvalue weighted by molar-refractivity contribution is 0.0179. The van der Waals surface area contributed by atoms with Gasteiger partial charge in [-0.2, -0.15) is 0 Å². The van der Waals surface area contributed by atoms with Crippen LogP contribution in [0.4, 0.5) is 4.79 Å². The van der Waals surface area contributed by atoms with E-state index in [9.17, 15) is 4.79 Å². The van der Waals surface area contributed by atoms with Crippen molar-refractivity contribution in [1.82, 2.24) is 14.9 Å². The van der Waals surface area contributed by atoms with Gasteiger partial charge in [-0.25, -0.2) is 14.8 Å². The van der Waals surface area contributed by atoms with Gasteiger partial charge >= 0.3 is 6.09 Å². The van der Waals surface area contributed by atoms with Crippen LogP contribution in [0.15, 0.2) is 24.3 Å². The number of benzene rings is 1. The lowest BCUT2D eigenvalue weighted by Gasteiger charge is -2.33. The Bertz CT molecular complexity index is 814. The van der Waals surface area contributed by atoms with E-state index in [1.54, 1.807) is 0 Å². The minimum absolute atomic E-state index is 0.209. The lowest BCUT2D eigenvalue weighted by Crippen LogP contribution is -2.41. The first-order valence-electron chi connectivity index (χ1n) is 9.85. The van der Waals surface area contributed by atoms with E-state index in [-0.39, 0.29) is 6.09 Å². The summed E-state index contributed by atoms with van der Waals surface area (Å²) < 4.78 is 11.2. The van der Waals surface area contributed by atoms with Crippen LogP contribution in [0, 0.1) is 5.92 Å². The molecule has 0 radical (unpaired) electrons. The summed E-state index contributed by atoms with van der Waals surface area (Å²) in [5.41, 5.74) is 1.09. The fourth-order valence-electron chi connectivity index (χ4n) is 3.33. The zero-order chi connectivity index (χ0) is 20.1. The smallest absolute Gasteiger partial charge is 0.410 e. The molecule has 1 aliphatic rings. The van der Waals surface area contributed by atoms with Gasteiger partial charge in [0.15, 0.2) is 5.15 Å². The first-order valence-corrected chi connectivity index (χ1v) is 10.2. The summed E-state index contributed by atoms with van der Waals surface area (Å²) in [7, 11) is 0. The summed E-state index contributed by atoms with van der Waals surface area (Å²) >= 11 is 6.17. The van der Waals surface area contributed by atoms with Gasteiger partial charge in [0.05, 0.1) is 17.6 Å². The van der Waals surface area contributed by atoms with Gasteiger partial charge in [-0.15, -0.1) is 0 Å². The number of rotatable bonds is 5. The van der Waals surface area contributed by atoms with E-state index >= 15 is 0 Å². The van der Waals surface area contributed by atoms with E-state index in [4.69, 9.17) is 21.1 Å². The van der Waals surface area contributed by atoms with Crippen molar-refractivity contribution in [3.63, 3.8) is 0 Å². The molecular formula is C21H28ClN3O3.